The number of carbonyl (C=O) groups is 1. The van der Waals surface area contributed by atoms with Crippen molar-refractivity contribution in [1.29, 1.82) is 5.26 Å². The smallest absolute Gasteiger partial charge is 0.247 e. The molecule has 1 amide bonds. The number of fused-ring (bicyclic) bond motifs is 1. The van der Waals surface area contributed by atoms with Crippen molar-refractivity contribution in [1.82, 2.24) is 19.4 Å². The number of hydrogen-bond acceptors (Lipinski definition) is 8. The lowest BCUT2D eigenvalue weighted by molar-refractivity contribution is -0.111. The number of hydrogen-bond donors (Lipinski definition) is 2. The van der Waals surface area contributed by atoms with Crippen LogP contribution < -0.4 is 20.3 Å². The molecule has 0 fully saturated rings. The van der Waals surface area contributed by atoms with E-state index in [1.165, 1.54) is 6.08 Å². The molecule has 0 radical (unpaired) electrons. The highest BCUT2D eigenvalue weighted by Crippen LogP contribution is 2.38. The lowest BCUT2D eigenvalue weighted by atomic mass is 10.0. The highest BCUT2D eigenvalue weighted by atomic mass is 16.5. The first-order chi connectivity index (χ1) is 18.7. The molecule has 2 aromatic carbocycles. The SMILES string of the molecule is C=CC(=O)Nc1cc(Nc2nccc(-c3cc(C#N)c4c(ccn4C)c3)n2)c(OC)cc1N(C)CCN(C)C. The van der Waals surface area contributed by atoms with Gasteiger partial charge in [-0.25, -0.2) is 9.97 Å². The predicted molar refractivity (Wildman–Crippen MR) is 156 cm³/mol. The topological polar surface area (TPSA) is 111 Å². The van der Waals surface area contributed by atoms with E-state index in [0.717, 1.165) is 35.2 Å². The normalized spacial score (nSPS) is 10.8. The summed E-state index contributed by atoms with van der Waals surface area (Å²) in [4.78, 5) is 25.5. The van der Waals surface area contributed by atoms with Crippen molar-refractivity contribution in [2.45, 2.75) is 0 Å². The predicted octanol–water partition coefficient (Wildman–Crippen LogP) is 4.38. The minimum absolute atomic E-state index is 0.323. The molecular weight excluding hydrogens is 492 g/mol. The zero-order chi connectivity index (χ0) is 28.1. The Balaban J connectivity index is 1.71. The first-order valence-electron chi connectivity index (χ1n) is 12.3. The Morgan fingerprint density at radius 3 is 2.67 bits per heavy atom. The molecule has 0 saturated carbocycles. The van der Waals surface area contributed by atoms with Crippen LogP contribution in [0.1, 0.15) is 5.56 Å². The first kappa shape index (κ1) is 27.2. The van der Waals surface area contributed by atoms with E-state index in [0.29, 0.717) is 34.3 Å². The number of methoxy groups -OCH3 is 1. The van der Waals surface area contributed by atoms with Gasteiger partial charge in [0.05, 0.1) is 40.9 Å². The second-order valence-corrected chi connectivity index (χ2v) is 9.38. The van der Waals surface area contributed by atoms with Crippen LogP contribution in [0.2, 0.25) is 0 Å². The van der Waals surface area contributed by atoms with E-state index in [9.17, 15) is 10.1 Å². The van der Waals surface area contributed by atoms with Crippen LogP contribution >= 0.6 is 0 Å². The molecule has 10 heteroatoms. The first-order valence-corrected chi connectivity index (χ1v) is 12.3. The molecule has 0 atom stereocenters. The number of carbonyl (C=O) groups excluding carboxylic acids is 1. The Labute approximate surface area is 228 Å². The number of nitrogens with zero attached hydrogens (tertiary/aromatic N) is 6. The standard InChI is InChI=1S/C29H32N8O2/c1-7-27(38)32-23-16-24(26(39-6)17-25(23)36(4)13-12-35(2)3)34-29-31-10-8-22(33-29)20-14-19-9-11-37(5)28(19)21(15-20)18-30/h7-11,14-17H,1,12-13H2,2-6H3,(H,32,38)(H,31,33,34). The Hall–Kier alpha value is -4.88. The lowest BCUT2D eigenvalue weighted by Gasteiger charge is -2.26. The van der Waals surface area contributed by atoms with Crippen LogP contribution in [0.5, 0.6) is 5.75 Å². The van der Waals surface area contributed by atoms with Gasteiger partial charge in [-0.3, -0.25) is 4.79 Å². The number of benzene rings is 2. The van der Waals surface area contributed by atoms with Crippen LogP contribution in [0.15, 0.2) is 61.4 Å². The van der Waals surface area contributed by atoms with Gasteiger partial charge in [-0.1, -0.05) is 6.58 Å². The van der Waals surface area contributed by atoms with E-state index in [2.05, 4.69) is 38.1 Å². The molecule has 0 unspecified atom stereocenters. The van der Waals surface area contributed by atoms with Crippen molar-refractivity contribution >= 4 is 39.8 Å². The molecule has 0 spiro atoms. The summed E-state index contributed by atoms with van der Waals surface area (Å²) in [5, 5.41) is 16.8. The van der Waals surface area contributed by atoms with Gasteiger partial charge >= 0.3 is 0 Å². The number of aryl methyl sites for hydroxylation is 1. The van der Waals surface area contributed by atoms with Gasteiger partial charge in [0.25, 0.3) is 0 Å². The molecular formula is C29H32N8O2. The quantitative estimate of drug-likeness (QED) is 0.294. The van der Waals surface area contributed by atoms with E-state index in [1.807, 2.05) is 63.2 Å². The molecule has 0 saturated heterocycles. The molecule has 39 heavy (non-hydrogen) atoms. The van der Waals surface area contributed by atoms with Gasteiger partial charge in [0.1, 0.15) is 11.8 Å². The molecule has 4 aromatic rings. The van der Waals surface area contributed by atoms with Crippen LogP contribution in [-0.4, -0.2) is 66.7 Å². The van der Waals surface area contributed by atoms with Crippen molar-refractivity contribution in [2.75, 3.05) is 56.9 Å². The van der Waals surface area contributed by atoms with Crippen molar-refractivity contribution in [3.8, 4) is 23.1 Å². The molecule has 2 heterocycles. The zero-order valence-corrected chi connectivity index (χ0v) is 22.8. The van der Waals surface area contributed by atoms with E-state index < -0.39 is 0 Å². The summed E-state index contributed by atoms with van der Waals surface area (Å²) in [6.07, 6.45) is 4.81. The molecule has 0 aliphatic carbocycles. The van der Waals surface area contributed by atoms with Crippen LogP contribution in [-0.2, 0) is 11.8 Å². The number of rotatable bonds is 10. The number of amides is 1. The van der Waals surface area contributed by atoms with Gasteiger partial charge in [-0.05, 0) is 50.5 Å². The van der Waals surface area contributed by atoms with E-state index >= 15 is 0 Å². The third-order valence-electron chi connectivity index (χ3n) is 6.34. The van der Waals surface area contributed by atoms with E-state index in [1.54, 1.807) is 25.4 Å². The summed E-state index contributed by atoms with van der Waals surface area (Å²) in [6.45, 7) is 5.14. The fraction of sp³-hybridized carbons (Fsp3) is 0.241. The van der Waals surface area contributed by atoms with Gasteiger partial charge in [0.15, 0.2) is 0 Å². The molecule has 4 rings (SSSR count). The van der Waals surface area contributed by atoms with Gasteiger partial charge in [-0.15, -0.1) is 0 Å². The lowest BCUT2D eigenvalue weighted by Crippen LogP contribution is -2.29. The fourth-order valence-electron chi connectivity index (χ4n) is 4.28. The van der Waals surface area contributed by atoms with Gasteiger partial charge in [0, 0.05) is 56.6 Å². The fourth-order valence-corrected chi connectivity index (χ4v) is 4.28. The summed E-state index contributed by atoms with van der Waals surface area (Å²) in [7, 11) is 9.48. The maximum Gasteiger partial charge on any atom is 0.247 e. The molecule has 0 bridgehead atoms. The average Bonchev–Trinajstić information content (AvgIpc) is 3.31. The Morgan fingerprint density at radius 1 is 1.18 bits per heavy atom. The zero-order valence-electron chi connectivity index (χ0n) is 22.8. The van der Waals surface area contributed by atoms with Crippen LogP contribution in [0.25, 0.3) is 22.2 Å². The number of anilines is 4. The Bertz CT molecular complexity index is 1570. The third-order valence-corrected chi connectivity index (χ3v) is 6.34. The number of nitriles is 1. The minimum atomic E-state index is -0.323. The van der Waals surface area contributed by atoms with Crippen molar-refractivity contribution in [3.63, 3.8) is 0 Å². The number of aromatic nitrogens is 3. The van der Waals surface area contributed by atoms with Crippen molar-refractivity contribution in [2.24, 2.45) is 7.05 Å². The summed E-state index contributed by atoms with van der Waals surface area (Å²) in [5.74, 6) is 0.577. The number of ether oxygens (including phenoxy) is 1. The molecule has 2 aromatic heterocycles. The van der Waals surface area contributed by atoms with Crippen molar-refractivity contribution < 1.29 is 9.53 Å². The summed E-state index contributed by atoms with van der Waals surface area (Å²) < 4.78 is 7.62. The second kappa shape index (κ2) is 11.7. The molecule has 0 aliphatic heterocycles. The van der Waals surface area contributed by atoms with E-state index in [-0.39, 0.29) is 5.91 Å². The Kier molecular flexibility index (Phi) is 8.13. The summed E-state index contributed by atoms with van der Waals surface area (Å²) in [5.41, 5.74) is 4.88. The highest BCUT2D eigenvalue weighted by molar-refractivity contribution is 6.02. The maximum atomic E-state index is 12.2. The Morgan fingerprint density at radius 2 is 1.97 bits per heavy atom. The van der Waals surface area contributed by atoms with Crippen molar-refractivity contribution in [3.05, 3.63) is 67.0 Å². The second-order valence-electron chi connectivity index (χ2n) is 9.38. The van der Waals surface area contributed by atoms with Crippen LogP contribution in [0, 0.1) is 11.3 Å². The molecule has 10 nitrogen and oxygen atoms in total. The van der Waals surface area contributed by atoms with Crippen LogP contribution in [0.3, 0.4) is 0 Å². The monoisotopic (exact) mass is 524 g/mol. The summed E-state index contributed by atoms with van der Waals surface area (Å²) in [6, 6.07) is 13.6. The molecule has 2 N–H and O–H groups in total. The maximum absolute atomic E-state index is 12.2. The average molecular weight is 525 g/mol. The van der Waals surface area contributed by atoms with Gasteiger partial charge < -0.3 is 29.7 Å². The van der Waals surface area contributed by atoms with Gasteiger partial charge in [0.2, 0.25) is 11.9 Å². The summed E-state index contributed by atoms with van der Waals surface area (Å²) >= 11 is 0. The van der Waals surface area contributed by atoms with Crippen LogP contribution in [0.4, 0.5) is 23.0 Å². The highest BCUT2D eigenvalue weighted by Gasteiger charge is 2.17. The molecule has 0 aliphatic rings. The largest absolute Gasteiger partial charge is 0.494 e. The van der Waals surface area contributed by atoms with Gasteiger partial charge in [-0.2, -0.15) is 5.26 Å². The van der Waals surface area contributed by atoms with E-state index in [4.69, 9.17) is 9.72 Å². The number of nitrogens with one attached hydrogen (secondary N) is 2. The number of likely N-dealkylation sites (N-methyl/N-ethyl adjacent to an activating group) is 2. The molecule has 200 valence electrons. The third kappa shape index (κ3) is 6.00. The minimum Gasteiger partial charge on any atom is -0.494 e.